The van der Waals surface area contributed by atoms with Gasteiger partial charge in [0, 0.05) is 43.1 Å². The van der Waals surface area contributed by atoms with Gasteiger partial charge in [-0.05, 0) is 35.7 Å². The topological polar surface area (TPSA) is 98.3 Å². The normalized spacial score (nSPS) is 19.5. The number of carbonyl (C=O) groups is 2. The molecule has 2 aromatic heterocycles. The molecule has 1 saturated carbocycles. The minimum atomic E-state index is -1.05. The molecule has 0 radical (unpaired) electrons. The van der Waals surface area contributed by atoms with Gasteiger partial charge >= 0.3 is 5.97 Å². The molecule has 12 heteroatoms. The van der Waals surface area contributed by atoms with E-state index in [-0.39, 0.29) is 45.8 Å². The van der Waals surface area contributed by atoms with Gasteiger partial charge in [-0.15, -0.1) is 0 Å². The molecular weight excluding hydrogens is 581 g/mol. The van der Waals surface area contributed by atoms with Crippen LogP contribution < -0.4 is 10.2 Å². The van der Waals surface area contributed by atoms with Crippen molar-refractivity contribution >= 4 is 51.5 Å². The van der Waals surface area contributed by atoms with E-state index in [2.05, 4.69) is 20.2 Å². The number of aromatic nitrogens is 2. The third-order valence-electron chi connectivity index (χ3n) is 7.48. The Balaban J connectivity index is 1.14. The number of aromatic carboxylic acids is 1. The van der Waals surface area contributed by atoms with Crippen molar-refractivity contribution in [1.29, 1.82) is 0 Å². The fourth-order valence-corrected chi connectivity index (χ4v) is 6.70. The number of aryl methyl sites for hydroxylation is 1. The van der Waals surface area contributed by atoms with E-state index in [0.29, 0.717) is 45.8 Å². The van der Waals surface area contributed by atoms with Crippen molar-refractivity contribution in [1.82, 2.24) is 15.3 Å². The summed E-state index contributed by atoms with van der Waals surface area (Å²) in [6.45, 7) is 3.03. The Kier molecular flexibility index (Phi) is 6.80. The second-order valence-electron chi connectivity index (χ2n) is 10.1. The predicted molar refractivity (Wildman–Crippen MR) is 150 cm³/mol. The number of halogens is 4. The van der Waals surface area contributed by atoms with Crippen molar-refractivity contribution in [2.45, 2.75) is 19.4 Å². The van der Waals surface area contributed by atoms with Gasteiger partial charge in [-0.25, -0.2) is 18.6 Å². The lowest BCUT2D eigenvalue weighted by atomic mass is 10.0. The molecule has 0 spiro atoms. The smallest absolute Gasteiger partial charge is 0.347 e. The standard InChI is InChI=1S/C28H22Cl2F2N4O3S/c1-12-21(29)22(30)24(33-12)26(37)35-23-16-10-36(11-17(16)23)28-34-20(25(40-28)27(38)39)8-13-3-2-4-14(7-13)15-5-6-18(31)19(32)9-15/h2-7,9,16-17,23,33H,8,10-11H2,1H3,(H,35,37)(H,38,39)/t16-,17+,23?. The first kappa shape index (κ1) is 26.7. The minimum Gasteiger partial charge on any atom is -0.477 e. The van der Waals surface area contributed by atoms with Gasteiger partial charge in [0.05, 0.1) is 15.7 Å². The molecule has 1 aliphatic carbocycles. The highest BCUT2D eigenvalue weighted by Gasteiger charge is 2.57. The minimum absolute atomic E-state index is 0.000358. The summed E-state index contributed by atoms with van der Waals surface area (Å²) in [5, 5.41) is 14.0. The van der Waals surface area contributed by atoms with Crippen LogP contribution in [0.5, 0.6) is 0 Å². The van der Waals surface area contributed by atoms with Gasteiger partial charge in [0.15, 0.2) is 16.8 Å². The molecule has 1 amide bonds. The molecule has 4 aromatic rings. The first-order chi connectivity index (χ1) is 19.1. The summed E-state index contributed by atoms with van der Waals surface area (Å²) < 4.78 is 27.1. The maximum absolute atomic E-state index is 13.7. The van der Waals surface area contributed by atoms with Crippen LogP contribution in [-0.2, 0) is 6.42 Å². The lowest BCUT2D eigenvalue weighted by Crippen LogP contribution is -2.34. The number of piperidine rings is 1. The third-order valence-corrected chi connectivity index (χ3v) is 9.57. The SMILES string of the molecule is Cc1[nH]c(C(=O)NC2[C@H]3CN(c4nc(Cc5cccc(-c6ccc(F)c(F)c6)c5)c(C(=O)O)s4)C[C@@H]23)c(Cl)c1Cl. The van der Waals surface area contributed by atoms with Gasteiger partial charge in [0.1, 0.15) is 10.6 Å². The van der Waals surface area contributed by atoms with E-state index >= 15 is 0 Å². The highest BCUT2D eigenvalue weighted by molar-refractivity contribution is 7.17. The molecule has 2 aliphatic rings. The highest BCUT2D eigenvalue weighted by atomic mass is 35.5. The number of fused-ring (bicyclic) bond motifs is 1. The van der Waals surface area contributed by atoms with Crippen LogP contribution in [0, 0.1) is 30.4 Å². The van der Waals surface area contributed by atoms with Crippen LogP contribution in [-0.4, -0.2) is 46.1 Å². The number of thiazole rings is 1. The number of hydrogen-bond acceptors (Lipinski definition) is 5. The van der Waals surface area contributed by atoms with Gasteiger partial charge in [-0.2, -0.15) is 0 Å². The summed E-state index contributed by atoms with van der Waals surface area (Å²) >= 11 is 13.4. The molecule has 1 aliphatic heterocycles. The van der Waals surface area contributed by atoms with Crippen LogP contribution in [0.4, 0.5) is 13.9 Å². The van der Waals surface area contributed by atoms with Crippen molar-refractivity contribution < 1.29 is 23.5 Å². The van der Waals surface area contributed by atoms with E-state index in [1.165, 1.54) is 6.07 Å². The predicted octanol–water partition coefficient (Wildman–Crippen LogP) is 6.19. The average molecular weight is 603 g/mol. The van der Waals surface area contributed by atoms with Crippen LogP contribution in [0.25, 0.3) is 11.1 Å². The molecule has 206 valence electrons. The van der Waals surface area contributed by atoms with E-state index in [4.69, 9.17) is 23.2 Å². The highest BCUT2D eigenvalue weighted by Crippen LogP contribution is 2.48. The number of amides is 1. The first-order valence-electron chi connectivity index (χ1n) is 12.5. The number of anilines is 1. The van der Waals surface area contributed by atoms with E-state index in [1.807, 2.05) is 12.1 Å². The number of rotatable bonds is 7. The van der Waals surface area contributed by atoms with Gasteiger partial charge in [-0.3, -0.25) is 4.79 Å². The monoisotopic (exact) mass is 602 g/mol. The van der Waals surface area contributed by atoms with Crippen molar-refractivity contribution in [3.8, 4) is 11.1 Å². The molecule has 2 fully saturated rings. The fraction of sp³-hybridized carbons (Fsp3) is 0.250. The Hall–Kier alpha value is -3.47. The second-order valence-corrected chi connectivity index (χ2v) is 11.8. The maximum atomic E-state index is 13.7. The zero-order chi connectivity index (χ0) is 28.3. The molecule has 3 atom stereocenters. The number of nitrogens with one attached hydrogen (secondary N) is 2. The van der Waals surface area contributed by atoms with E-state index < -0.39 is 17.6 Å². The number of carboxylic acid groups (broad SMARTS) is 1. The zero-order valence-corrected chi connectivity index (χ0v) is 23.3. The van der Waals surface area contributed by atoms with E-state index in [1.54, 1.807) is 19.1 Å². The summed E-state index contributed by atoms with van der Waals surface area (Å²) in [5.74, 6) is -2.76. The molecule has 40 heavy (non-hydrogen) atoms. The van der Waals surface area contributed by atoms with Crippen molar-refractivity contribution in [3.63, 3.8) is 0 Å². The Morgan fingerprint density at radius 1 is 1.10 bits per heavy atom. The van der Waals surface area contributed by atoms with Crippen molar-refractivity contribution in [2.75, 3.05) is 18.0 Å². The number of nitrogens with zero attached hydrogens (tertiary/aromatic N) is 2. The van der Waals surface area contributed by atoms with Crippen molar-refractivity contribution in [2.24, 2.45) is 11.8 Å². The van der Waals surface area contributed by atoms with Gasteiger partial charge in [-0.1, -0.05) is 64.9 Å². The summed E-state index contributed by atoms with van der Waals surface area (Å²) in [6.07, 6.45) is 0.272. The Morgan fingerprint density at radius 2 is 1.82 bits per heavy atom. The zero-order valence-electron chi connectivity index (χ0n) is 21.0. The fourth-order valence-electron chi connectivity index (χ4n) is 5.34. The van der Waals surface area contributed by atoms with Gasteiger partial charge in [0.2, 0.25) is 0 Å². The number of benzene rings is 2. The number of H-pyrrole nitrogens is 1. The van der Waals surface area contributed by atoms with E-state index in [9.17, 15) is 23.5 Å². The first-order valence-corrected chi connectivity index (χ1v) is 14.0. The molecule has 0 bridgehead atoms. The van der Waals surface area contributed by atoms with Crippen LogP contribution in [0.3, 0.4) is 0 Å². The third kappa shape index (κ3) is 4.84. The molecule has 6 rings (SSSR count). The molecule has 2 aromatic carbocycles. The lowest BCUT2D eigenvalue weighted by molar-refractivity contribution is 0.0700. The van der Waals surface area contributed by atoms with Crippen molar-refractivity contribution in [3.05, 3.63) is 91.7 Å². The summed E-state index contributed by atoms with van der Waals surface area (Å²) in [5.41, 5.74) is 3.32. The van der Waals surface area contributed by atoms with Crippen LogP contribution in [0.15, 0.2) is 42.5 Å². The molecular formula is C28H22Cl2F2N4O3S. The Bertz CT molecular complexity index is 1660. The van der Waals surface area contributed by atoms with E-state index in [0.717, 1.165) is 29.0 Å². The quantitative estimate of drug-likeness (QED) is 0.234. The number of carbonyl (C=O) groups excluding carboxylic acids is 1. The maximum Gasteiger partial charge on any atom is 0.347 e. The van der Waals surface area contributed by atoms with Crippen LogP contribution in [0.1, 0.15) is 37.1 Å². The number of hydrogen-bond donors (Lipinski definition) is 3. The molecule has 7 nitrogen and oxygen atoms in total. The number of carboxylic acids is 1. The van der Waals surface area contributed by atoms with Gasteiger partial charge < -0.3 is 20.3 Å². The van der Waals surface area contributed by atoms with Crippen LogP contribution in [0.2, 0.25) is 10.0 Å². The van der Waals surface area contributed by atoms with Crippen LogP contribution >= 0.6 is 34.5 Å². The Morgan fingerprint density at radius 3 is 2.48 bits per heavy atom. The average Bonchev–Trinajstić information content (AvgIpc) is 3.28. The molecule has 1 unspecified atom stereocenters. The lowest BCUT2D eigenvalue weighted by Gasteiger charge is -2.19. The Labute approximate surface area is 241 Å². The summed E-state index contributed by atoms with van der Waals surface area (Å²) in [7, 11) is 0. The summed E-state index contributed by atoms with van der Waals surface area (Å²) in [4.78, 5) is 34.5. The summed E-state index contributed by atoms with van der Waals surface area (Å²) in [6, 6.07) is 10.9. The molecule has 1 saturated heterocycles. The largest absolute Gasteiger partial charge is 0.477 e. The molecule has 3 heterocycles. The van der Waals surface area contributed by atoms with Gasteiger partial charge in [0.25, 0.3) is 5.91 Å². The number of aromatic amines is 1. The molecule has 3 N–H and O–H groups in total. The second kappa shape index (κ2) is 10.2.